The predicted octanol–water partition coefficient (Wildman–Crippen LogP) is 3.35. The number of piperazine rings is 1. The first-order valence-electron chi connectivity index (χ1n) is 8.29. The lowest BCUT2D eigenvalue weighted by atomic mass is 10.00. The maximum Gasteiger partial charge on any atom is 0.240 e. The normalized spacial score (nSPS) is 16.8. The summed E-state index contributed by atoms with van der Waals surface area (Å²) in [6.07, 6.45) is 5.40. The Bertz CT molecular complexity index is 647. The summed E-state index contributed by atoms with van der Waals surface area (Å²) >= 11 is 0. The van der Waals surface area contributed by atoms with Gasteiger partial charge in [-0.25, -0.2) is 0 Å². The number of amides is 1. The van der Waals surface area contributed by atoms with Crippen molar-refractivity contribution >= 4 is 30.7 Å². The van der Waals surface area contributed by atoms with Crippen molar-refractivity contribution in [3.8, 4) is 11.1 Å². The van der Waals surface area contributed by atoms with Crippen LogP contribution in [-0.2, 0) is 11.2 Å². The van der Waals surface area contributed by atoms with Crippen LogP contribution >= 0.6 is 24.8 Å². The van der Waals surface area contributed by atoms with Crippen LogP contribution in [-0.4, -0.2) is 41.5 Å². The molecule has 25 heavy (non-hydrogen) atoms. The molecule has 1 unspecified atom stereocenters. The van der Waals surface area contributed by atoms with E-state index in [2.05, 4.69) is 47.6 Å². The SMILES string of the molecule is CCCN1CCNC(Cc2ccc(-c3cccnc3)cc2)C1=O.Cl.Cl. The molecule has 1 aliphatic rings. The molecule has 4 nitrogen and oxygen atoms in total. The van der Waals surface area contributed by atoms with Crippen LogP contribution in [0.4, 0.5) is 0 Å². The molecule has 1 atom stereocenters. The second-order valence-corrected chi connectivity index (χ2v) is 5.97. The first-order chi connectivity index (χ1) is 11.3. The number of carbonyl (C=O) groups excluding carboxylic acids is 1. The fourth-order valence-corrected chi connectivity index (χ4v) is 3.05. The molecule has 0 bridgehead atoms. The first-order valence-corrected chi connectivity index (χ1v) is 8.29. The molecule has 1 amide bonds. The van der Waals surface area contributed by atoms with Crippen molar-refractivity contribution in [3.05, 3.63) is 54.4 Å². The summed E-state index contributed by atoms with van der Waals surface area (Å²) in [5.41, 5.74) is 3.44. The van der Waals surface area contributed by atoms with Crippen LogP contribution in [0, 0.1) is 0 Å². The molecule has 1 fully saturated rings. The van der Waals surface area contributed by atoms with Crippen molar-refractivity contribution in [1.29, 1.82) is 0 Å². The Morgan fingerprint density at radius 1 is 1.16 bits per heavy atom. The molecule has 0 spiro atoms. The van der Waals surface area contributed by atoms with Crippen LogP contribution in [0.15, 0.2) is 48.8 Å². The monoisotopic (exact) mass is 381 g/mol. The fourth-order valence-electron chi connectivity index (χ4n) is 3.05. The molecule has 2 heterocycles. The number of nitrogens with zero attached hydrogens (tertiary/aromatic N) is 2. The van der Waals surface area contributed by atoms with E-state index in [9.17, 15) is 4.79 Å². The number of rotatable bonds is 5. The minimum Gasteiger partial charge on any atom is -0.340 e. The van der Waals surface area contributed by atoms with Crippen LogP contribution in [0.2, 0.25) is 0 Å². The van der Waals surface area contributed by atoms with Crippen LogP contribution in [0.1, 0.15) is 18.9 Å². The Morgan fingerprint density at radius 2 is 1.92 bits per heavy atom. The maximum absolute atomic E-state index is 12.5. The van der Waals surface area contributed by atoms with Crippen molar-refractivity contribution in [2.75, 3.05) is 19.6 Å². The van der Waals surface area contributed by atoms with E-state index in [4.69, 9.17) is 0 Å². The van der Waals surface area contributed by atoms with Crippen LogP contribution in [0.3, 0.4) is 0 Å². The van der Waals surface area contributed by atoms with E-state index in [1.54, 1.807) is 6.20 Å². The third-order valence-electron chi connectivity index (χ3n) is 4.26. The molecule has 1 aromatic carbocycles. The summed E-state index contributed by atoms with van der Waals surface area (Å²) in [5, 5.41) is 3.35. The Balaban J connectivity index is 0.00000156. The van der Waals surface area contributed by atoms with Gasteiger partial charge >= 0.3 is 0 Å². The number of carbonyl (C=O) groups is 1. The van der Waals surface area contributed by atoms with Gasteiger partial charge in [0, 0.05) is 32.0 Å². The molecular formula is C19H25Cl2N3O. The summed E-state index contributed by atoms with van der Waals surface area (Å²) in [5.74, 6) is 0.231. The number of pyridine rings is 1. The third-order valence-corrected chi connectivity index (χ3v) is 4.26. The van der Waals surface area contributed by atoms with Crippen LogP contribution in [0.5, 0.6) is 0 Å². The quantitative estimate of drug-likeness (QED) is 0.863. The fraction of sp³-hybridized carbons (Fsp3) is 0.368. The standard InChI is InChI=1S/C19H23N3O.2ClH/c1-2-11-22-12-10-21-18(19(22)23)13-15-5-7-16(8-6-15)17-4-3-9-20-14-17;;/h3-9,14,18,21H,2,10-13H2,1H3;2*1H. The number of halogens is 2. The summed E-state index contributed by atoms with van der Waals surface area (Å²) < 4.78 is 0. The van der Waals surface area contributed by atoms with Gasteiger partial charge in [-0.15, -0.1) is 24.8 Å². The van der Waals surface area contributed by atoms with Gasteiger partial charge in [-0.05, 0) is 35.6 Å². The van der Waals surface area contributed by atoms with E-state index in [0.717, 1.165) is 43.6 Å². The average molecular weight is 382 g/mol. The van der Waals surface area contributed by atoms with Crippen molar-refractivity contribution in [2.24, 2.45) is 0 Å². The highest BCUT2D eigenvalue weighted by Gasteiger charge is 2.27. The van der Waals surface area contributed by atoms with Gasteiger partial charge in [-0.1, -0.05) is 37.3 Å². The van der Waals surface area contributed by atoms with E-state index < -0.39 is 0 Å². The zero-order valence-electron chi connectivity index (χ0n) is 14.4. The van der Waals surface area contributed by atoms with Gasteiger partial charge in [0.1, 0.15) is 0 Å². The smallest absolute Gasteiger partial charge is 0.240 e. The molecule has 3 rings (SSSR count). The lowest BCUT2D eigenvalue weighted by Crippen LogP contribution is -2.55. The number of hydrogen-bond acceptors (Lipinski definition) is 3. The molecule has 136 valence electrons. The first kappa shape index (κ1) is 21.4. The van der Waals surface area contributed by atoms with E-state index in [0.29, 0.717) is 0 Å². The van der Waals surface area contributed by atoms with Gasteiger partial charge in [0.15, 0.2) is 0 Å². The van der Waals surface area contributed by atoms with Gasteiger partial charge < -0.3 is 10.2 Å². The van der Waals surface area contributed by atoms with Crippen molar-refractivity contribution in [3.63, 3.8) is 0 Å². The largest absolute Gasteiger partial charge is 0.340 e. The summed E-state index contributed by atoms with van der Waals surface area (Å²) in [6.45, 7) is 4.67. The van der Waals surface area contributed by atoms with Crippen molar-refractivity contribution < 1.29 is 4.79 Å². The van der Waals surface area contributed by atoms with E-state index in [1.807, 2.05) is 17.2 Å². The molecule has 0 radical (unpaired) electrons. The summed E-state index contributed by atoms with van der Waals surface area (Å²) in [7, 11) is 0. The van der Waals surface area contributed by atoms with Gasteiger partial charge in [0.2, 0.25) is 5.91 Å². The van der Waals surface area contributed by atoms with Gasteiger partial charge in [-0.2, -0.15) is 0 Å². The highest BCUT2D eigenvalue weighted by molar-refractivity contribution is 5.85. The van der Waals surface area contributed by atoms with E-state index in [1.165, 1.54) is 5.56 Å². The summed E-state index contributed by atoms with van der Waals surface area (Å²) in [6, 6.07) is 12.3. The molecular weight excluding hydrogens is 357 g/mol. The number of hydrogen-bond donors (Lipinski definition) is 1. The third kappa shape index (κ3) is 5.43. The van der Waals surface area contributed by atoms with Crippen LogP contribution in [0.25, 0.3) is 11.1 Å². The second-order valence-electron chi connectivity index (χ2n) is 5.97. The minimum absolute atomic E-state index is 0. The molecule has 2 aromatic rings. The van der Waals surface area contributed by atoms with Crippen molar-refractivity contribution in [2.45, 2.75) is 25.8 Å². The Kier molecular flexibility index (Phi) is 8.90. The Hall–Kier alpha value is -1.62. The zero-order chi connectivity index (χ0) is 16.1. The van der Waals surface area contributed by atoms with Crippen molar-refractivity contribution in [1.82, 2.24) is 15.2 Å². The topological polar surface area (TPSA) is 45.2 Å². The van der Waals surface area contributed by atoms with E-state index >= 15 is 0 Å². The molecule has 0 saturated carbocycles. The maximum atomic E-state index is 12.5. The predicted molar refractivity (Wildman–Crippen MR) is 107 cm³/mol. The highest BCUT2D eigenvalue weighted by Crippen LogP contribution is 2.19. The Labute approximate surface area is 161 Å². The second kappa shape index (κ2) is 10.4. The van der Waals surface area contributed by atoms with E-state index in [-0.39, 0.29) is 36.8 Å². The molecule has 1 N–H and O–H groups in total. The number of benzene rings is 1. The number of aromatic nitrogens is 1. The van der Waals surface area contributed by atoms with Crippen LogP contribution < -0.4 is 5.32 Å². The number of nitrogens with one attached hydrogen (secondary N) is 1. The lowest BCUT2D eigenvalue weighted by Gasteiger charge is -2.33. The zero-order valence-corrected chi connectivity index (χ0v) is 16.0. The molecule has 1 saturated heterocycles. The minimum atomic E-state index is -0.0976. The van der Waals surface area contributed by atoms with Gasteiger partial charge in [0.05, 0.1) is 6.04 Å². The van der Waals surface area contributed by atoms with Gasteiger partial charge in [0.25, 0.3) is 0 Å². The molecule has 0 aliphatic carbocycles. The summed E-state index contributed by atoms with van der Waals surface area (Å²) in [4.78, 5) is 18.6. The van der Waals surface area contributed by atoms with Gasteiger partial charge in [-0.3, -0.25) is 9.78 Å². The molecule has 1 aromatic heterocycles. The Morgan fingerprint density at radius 3 is 2.56 bits per heavy atom. The average Bonchev–Trinajstić information content (AvgIpc) is 2.60. The lowest BCUT2D eigenvalue weighted by molar-refractivity contribution is -0.135. The molecule has 6 heteroatoms. The molecule has 1 aliphatic heterocycles. The highest BCUT2D eigenvalue weighted by atomic mass is 35.5.